The van der Waals surface area contributed by atoms with E-state index in [2.05, 4.69) is 23.3 Å². The van der Waals surface area contributed by atoms with Crippen LogP contribution in [0, 0.1) is 11.6 Å². The molecule has 0 spiro atoms. The Morgan fingerprint density at radius 1 is 1.00 bits per heavy atom. The quantitative estimate of drug-likeness (QED) is 0.375. The van der Waals surface area contributed by atoms with E-state index in [0.29, 0.717) is 32.2 Å². The van der Waals surface area contributed by atoms with Crippen LogP contribution in [-0.4, -0.2) is 31.1 Å². The minimum atomic E-state index is -0.626. The molecular formula is C26H23Cl2F2N3OS. The van der Waals surface area contributed by atoms with Crippen LogP contribution >= 0.6 is 35.0 Å². The minimum Gasteiger partial charge on any atom is -0.333 e. The van der Waals surface area contributed by atoms with Gasteiger partial charge in [0, 0.05) is 28.0 Å². The summed E-state index contributed by atoms with van der Waals surface area (Å²) in [4.78, 5) is 18.1. The van der Waals surface area contributed by atoms with Gasteiger partial charge in [-0.05, 0) is 80.9 Å². The van der Waals surface area contributed by atoms with Crippen LogP contribution in [0.5, 0.6) is 0 Å². The Hall–Kier alpha value is -2.32. The van der Waals surface area contributed by atoms with E-state index >= 15 is 0 Å². The maximum atomic E-state index is 14.6. The normalized spacial score (nSPS) is 16.8. The summed E-state index contributed by atoms with van der Waals surface area (Å²) in [7, 11) is 2.10. The number of para-hydroxylation sites is 1. The van der Waals surface area contributed by atoms with Gasteiger partial charge < -0.3 is 10.2 Å². The van der Waals surface area contributed by atoms with E-state index in [1.807, 2.05) is 6.07 Å². The molecule has 5 rings (SSSR count). The van der Waals surface area contributed by atoms with Crippen LogP contribution in [0.4, 0.5) is 25.0 Å². The Labute approximate surface area is 217 Å². The molecule has 3 aromatic carbocycles. The van der Waals surface area contributed by atoms with Gasteiger partial charge in [0.25, 0.3) is 0 Å². The van der Waals surface area contributed by atoms with Gasteiger partial charge in [0.2, 0.25) is 0 Å². The smallest absolute Gasteiger partial charge is 0.326 e. The largest absolute Gasteiger partial charge is 0.333 e. The van der Waals surface area contributed by atoms with Crippen molar-refractivity contribution in [3.63, 3.8) is 0 Å². The fraction of sp³-hybridized carbons (Fsp3) is 0.269. The van der Waals surface area contributed by atoms with Crippen molar-refractivity contribution < 1.29 is 13.6 Å². The zero-order valence-corrected chi connectivity index (χ0v) is 21.3. The first-order valence-corrected chi connectivity index (χ1v) is 12.9. The number of carbonyl (C=O) groups excluding carboxylic acids is 1. The molecule has 0 bridgehead atoms. The van der Waals surface area contributed by atoms with Gasteiger partial charge in [0.1, 0.15) is 11.6 Å². The van der Waals surface area contributed by atoms with Crippen LogP contribution < -0.4 is 10.2 Å². The lowest BCUT2D eigenvalue weighted by atomic mass is 9.88. The summed E-state index contributed by atoms with van der Waals surface area (Å²) < 4.78 is 28.1. The first kappa shape index (κ1) is 24.4. The number of fused-ring (bicyclic) bond motifs is 1. The average Bonchev–Trinajstić information content (AvgIpc) is 2.82. The molecule has 0 saturated carbocycles. The van der Waals surface area contributed by atoms with Crippen LogP contribution in [-0.2, 0) is 6.54 Å². The van der Waals surface area contributed by atoms with E-state index in [1.165, 1.54) is 28.8 Å². The standard InChI is InChI=1S/C26H23Cl2F2N3OS/c1-32-9-7-15(8-10-32)16-11-22-18(24(12-16)35-23-6-5-17(29)13-21(23)30)14-31-26(34)33(22)25-19(27)3-2-4-20(25)28/h2-6,11-13,15H,7-10,14H2,1H3,(H,31,34). The average molecular weight is 534 g/mol. The predicted octanol–water partition coefficient (Wildman–Crippen LogP) is 7.59. The van der Waals surface area contributed by atoms with Crippen molar-refractivity contribution in [2.45, 2.75) is 35.1 Å². The SMILES string of the molecule is CN1CCC(c2cc(Sc3ccc(F)cc3F)c3c(c2)N(c2c(Cl)cccc2Cl)C(=O)NC3)CC1. The summed E-state index contributed by atoms with van der Waals surface area (Å²) in [5.41, 5.74) is 2.97. The third-order valence-electron chi connectivity index (χ3n) is 6.53. The molecule has 9 heteroatoms. The van der Waals surface area contributed by atoms with Gasteiger partial charge in [0.05, 0.1) is 21.4 Å². The van der Waals surface area contributed by atoms with Crippen molar-refractivity contribution in [3.05, 3.63) is 81.3 Å². The molecule has 35 heavy (non-hydrogen) atoms. The number of carbonyl (C=O) groups is 1. The zero-order chi connectivity index (χ0) is 24.7. The lowest BCUT2D eigenvalue weighted by molar-refractivity contribution is 0.246. The highest BCUT2D eigenvalue weighted by atomic mass is 35.5. The summed E-state index contributed by atoms with van der Waals surface area (Å²) >= 11 is 14.2. The second kappa shape index (κ2) is 9.97. The zero-order valence-electron chi connectivity index (χ0n) is 19.0. The number of benzene rings is 3. The minimum absolute atomic E-state index is 0.269. The van der Waals surface area contributed by atoms with Crippen LogP contribution in [0.1, 0.15) is 29.9 Å². The Morgan fingerprint density at radius 2 is 1.71 bits per heavy atom. The van der Waals surface area contributed by atoms with E-state index in [0.717, 1.165) is 48.0 Å². The molecule has 182 valence electrons. The number of rotatable bonds is 4. The van der Waals surface area contributed by atoms with Gasteiger partial charge in [-0.2, -0.15) is 0 Å². The van der Waals surface area contributed by atoms with Gasteiger partial charge in [-0.3, -0.25) is 4.90 Å². The first-order chi connectivity index (χ1) is 16.8. The molecule has 2 heterocycles. The van der Waals surface area contributed by atoms with Crippen molar-refractivity contribution in [2.24, 2.45) is 0 Å². The molecule has 3 aromatic rings. The number of piperidine rings is 1. The maximum absolute atomic E-state index is 14.6. The summed E-state index contributed by atoms with van der Waals surface area (Å²) in [5, 5.41) is 3.59. The number of likely N-dealkylation sites (tertiary alicyclic amines) is 1. The van der Waals surface area contributed by atoms with Crippen LogP contribution in [0.25, 0.3) is 0 Å². The fourth-order valence-electron chi connectivity index (χ4n) is 4.65. The highest BCUT2D eigenvalue weighted by Gasteiger charge is 2.32. The van der Waals surface area contributed by atoms with Gasteiger partial charge in [-0.1, -0.05) is 41.0 Å². The summed E-state index contributed by atoms with van der Waals surface area (Å²) in [6, 6.07) is 12.4. The number of nitrogens with one attached hydrogen (secondary N) is 1. The number of hydrogen-bond acceptors (Lipinski definition) is 3. The monoisotopic (exact) mass is 533 g/mol. The highest BCUT2D eigenvalue weighted by molar-refractivity contribution is 7.99. The Kier molecular flexibility index (Phi) is 6.95. The molecule has 4 nitrogen and oxygen atoms in total. The lowest BCUT2D eigenvalue weighted by Crippen LogP contribution is -2.42. The van der Waals surface area contributed by atoms with E-state index in [-0.39, 0.29) is 12.6 Å². The molecule has 2 aliphatic rings. The number of urea groups is 1. The Balaban J connectivity index is 1.67. The molecular weight excluding hydrogens is 511 g/mol. The number of hydrogen-bond donors (Lipinski definition) is 1. The highest BCUT2D eigenvalue weighted by Crippen LogP contribution is 2.46. The topological polar surface area (TPSA) is 35.6 Å². The molecule has 1 fully saturated rings. The molecule has 0 radical (unpaired) electrons. The third kappa shape index (κ3) is 4.87. The molecule has 0 unspecified atom stereocenters. The number of halogens is 4. The fourth-order valence-corrected chi connectivity index (χ4v) is 6.24. The second-order valence-electron chi connectivity index (χ2n) is 8.84. The summed E-state index contributed by atoms with van der Waals surface area (Å²) in [6.45, 7) is 2.21. The molecule has 0 aromatic heterocycles. The maximum Gasteiger partial charge on any atom is 0.326 e. The number of nitrogens with zero attached hydrogens (tertiary/aromatic N) is 2. The first-order valence-electron chi connectivity index (χ1n) is 11.3. The van der Waals surface area contributed by atoms with Crippen molar-refractivity contribution in [2.75, 3.05) is 25.0 Å². The lowest BCUT2D eigenvalue weighted by Gasteiger charge is -2.35. The molecule has 0 aliphatic carbocycles. The number of anilines is 2. The Morgan fingerprint density at radius 3 is 2.40 bits per heavy atom. The van der Waals surface area contributed by atoms with Crippen LogP contribution in [0.15, 0.2) is 58.3 Å². The van der Waals surface area contributed by atoms with E-state index in [9.17, 15) is 13.6 Å². The van der Waals surface area contributed by atoms with E-state index < -0.39 is 11.6 Å². The van der Waals surface area contributed by atoms with Crippen molar-refractivity contribution in [3.8, 4) is 0 Å². The van der Waals surface area contributed by atoms with E-state index in [4.69, 9.17) is 23.2 Å². The summed E-state index contributed by atoms with van der Waals surface area (Å²) in [6.07, 6.45) is 1.95. The van der Waals surface area contributed by atoms with Gasteiger partial charge in [-0.25, -0.2) is 13.6 Å². The molecule has 1 N–H and O–H groups in total. The van der Waals surface area contributed by atoms with Crippen LogP contribution in [0.2, 0.25) is 10.0 Å². The van der Waals surface area contributed by atoms with Crippen molar-refractivity contribution in [1.29, 1.82) is 0 Å². The third-order valence-corrected chi connectivity index (χ3v) is 8.28. The molecule has 1 saturated heterocycles. The van der Waals surface area contributed by atoms with Crippen LogP contribution in [0.3, 0.4) is 0 Å². The van der Waals surface area contributed by atoms with Crippen molar-refractivity contribution >= 4 is 52.4 Å². The van der Waals surface area contributed by atoms with Gasteiger partial charge in [0.15, 0.2) is 0 Å². The van der Waals surface area contributed by atoms with Gasteiger partial charge in [-0.15, -0.1) is 0 Å². The van der Waals surface area contributed by atoms with E-state index in [1.54, 1.807) is 18.2 Å². The predicted molar refractivity (Wildman–Crippen MR) is 137 cm³/mol. The Bertz CT molecular complexity index is 1280. The molecule has 2 amide bonds. The molecule has 2 aliphatic heterocycles. The summed E-state index contributed by atoms with van der Waals surface area (Å²) in [5.74, 6) is -0.956. The van der Waals surface area contributed by atoms with Crippen molar-refractivity contribution in [1.82, 2.24) is 10.2 Å². The second-order valence-corrected chi connectivity index (χ2v) is 10.7. The van der Waals surface area contributed by atoms with Gasteiger partial charge >= 0.3 is 6.03 Å². The number of amides is 2. The molecule has 0 atom stereocenters.